The second kappa shape index (κ2) is 7.65. The zero-order valence-corrected chi connectivity index (χ0v) is 14.5. The number of amides is 4. The number of likely N-dealkylation sites (N-methyl/N-ethyl adjacent to an activating group) is 1. The molecule has 0 unspecified atom stereocenters. The molecule has 2 aliphatic rings. The molecule has 0 spiro atoms. The van der Waals surface area contributed by atoms with Crippen LogP contribution in [0.25, 0.3) is 0 Å². The summed E-state index contributed by atoms with van der Waals surface area (Å²) in [6, 6.07) is 7.62. The van der Waals surface area contributed by atoms with Gasteiger partial charge in [0.05, 0.1) is 6.54 Å². The Bertz CT molecular complexity index is 654. The van der Waals surface area contributed by atoms with Gasteiger partial charge in [0.1, 0.15) is 6.54 Å². The molecule has 0 aliphatic carbocycles. The molecule has 0 atom stereocenters. The average Bonchev–Trinajstić information content (AvgIpc) is 3.21. The Hall–Kier alpha value is -2.41. The van der Waals surface area contributed by atoms with E-state index in [-0.39, 0.29) is 24.9 Å². The van der Waals surface area contributed by atoms with Crippen molar-refractivity contribution in [3.8, 4) is 0 Å². The lowest BCUT2D eigenvalue weighted by Crippen LogP contribution is -2.41. The molecule has 2 saturated heterocycles. The molecule has 25 heavy (non-hydrogen) atoms. The molecule has 1 aromatic rings. The fraction of sp³-hybridized carbons (Fsp3) is 0.500. The minimum Gasteiger partial charge on any atom is -0.340 e. The summed E-state index contributed by atoms with van der Waals surface area (Å²) in [6.07, 6.45) is 2.49. The number of imide groups is 1. The molecule has 1 N–H and O–H groups in total. The van der Waals surface area contributed by atoms with Crippen LogP contribution in [0.1, 0.15) is 24.0 Å². The Labute approximate surface area is 147 Å². The van der Waals surface area contributed by atoms with Crippen molar-refractivity contribution in [3.05, 3.63) is 35.4 Å². The Morgan fingerprint density at radius 3 is 2.48 bits per heavy atom. The summed E-state index contributed by atoms with van der Waals surface area (Å²) in [5, 5.41) is 2.42. The maximum absolute atomic E-state index is 12.4. The summed E-state index contributed by atoms with van der Waals surface area (Å²) >= 11 is 0. The summed E-state index contributed by atoms with van der Waals surface area (Å²) < 4.78 is 0. The summed E-state index contributed by atoms with van der Waals surface area (Å²) in [4.78, 5) is 40.5. The van der Waals surface area contributed by atoms with Gasteiger partial charge in [-0.2, -0.15) is 0 Å². The first-order valence-electron chi connectivity index (χ1n) is 8.66. The Kier molecular flexibility index (Phi) is 5.33. The number of hydrogen-bond acceptors (Lipinski definition) is 4. The average molecular weight is 344 g/mol. The minimum atomic E-state index is -0.499. The van der Waals surface area contributed by atoms with Gasteiger partial charge in [0.25, 0.3) is 5.91 Å². The molecule has 0 bridgehead atoms. The molecule has 4 amide bonds. The Morgan fingerprint density at radius 1 is 1.16 bits per heavy atom. The third kappa shape index (κ3) is 4.17. The van der Waals surface area contributed by atoms with Crippen LogP contribution < -0.4 is 5.32 Å². The lowest BCUT2D eigenvalue weighted by atomic mass is 10.1. The van der Waals surface area contributed by atoms with E-state index in [9.17, 15) is 14.4 Å². The number of carbonyl (C=O) groups is 3. The van der Waals surface area contributed by atoms with Gasteiger partial charge in [0, 0.05) is 20.1 Å². The van der Waals surface area contributed by atoms with E-state index in [1.165, 1.54) is 18.4 Å². The highest BCUT2D eigenvalue weighted by atomic mass is 16.2. The zero-order valence-electron chi connectivity index (χ0n) is 14.5. The number of likely N-dealkylation sites (tertiary alicyclic amines) is 1. The lowest BCUT2D eigenvalue weighted by Gasteiger charge is -2.23. The fourth-order valence-corrected chi connectivity index (χ4v) is 3.26. The predicted molar refractivity (Wildman–Crippen MR) is 92.5 cm³/mol. The monoisotopic (exact) mass is 344 g/mol. The summed E-state index contributed by atoms with van der Waals surface area (Å²) in [5.41, 5.74) is 2.32. The third-order valence-corrected chi connectivity index (χ3v) is 4.77. The van der Waals surface area contributed by atoms with Crippen LogP contribution in [0.3, 0.4) is 0 Å². The van der Waals surface area contributed by atoms with E-state index < -0.39 is 6.03 Å². The third-order valence-electron chi connectivity index (χ3n) is 4.77. The van der Waals surface area contributed by atoms with E-state index in [1.807, 2.05) is 18.2 Å². The number of nitrogens with zero attached hydrogens (tertiary/aromatic N) is 3. The van der Waals surface area contributed by atoms with E-state index in [0.717, 1.165) is 30.1 Å². The maximum Gasteiger partial charge on any atom is 0.325 e. The van der Waals surface area contributed by atoms with E-state index in [2.05, 4.69) is 16.3 Å². The first-order valence-corrected chi connectivity index (χ1v) is 8.66. The number of rotatable bonds is 6. The molecule has 134 valence electrons. The minimum absolute atomic E-state index is 0.0332. The molecule has 1 aromatic carbocycles. The molecule has 2 fully saturated rings. The van der Waals surface area contributed by atoms with Crippen LogP contribution in [0.2, 0.25) is 0 Å². The largest absolute Gasteiger partial charge is 0.340 e. The number of carbonyl (C=O) groups excluding carboxylic acids is 3. The van der Waals surface area contributed by atoms with E-state index in [0.29, 0.717) is 6.54 Å². The van der Waals surface area contributed by atoms with Gasteiger partial charge in [-0.25, -0.2) is 4.79 Å². The van der Waals surface area contributed by atoms with Gasteiger partial charge in [0.15, 0.2) is 0 Å². The van der Waals surface area contributed by atoms with E-state index in [1.54, 1.807) is 11.9 Å². The number of nitrogens with one attached hydrogen (secondary N) is 1. The molecule has 3 rings (SSSR count). The van der Waals surface area contributed by atoms with Crippen LogP contribution in [-0.2, 0) is 22.7 Å². The molecule has 2 heterocycles. The Balaban J connectivity index is 1.62. The van der Waals surface area contributed by atoms with Crippen LogP contribution in [0, 0.1) is 0 Å². The normalized spacial score (nSPS) is 17.9. The van der Waals surface area contributed by atoms with Crippen molar-refractivity contribution in [1.82, 2.24) is 20.0 Å². The zero-order chi connectivity index (χ0) is 17.8. The number of urea groups is 1. The van der Waals surface area contributed by atoms with Crippen molar-refractivity contribution < 1.29 is 14.4 Å². The molecule has 0 saturated carbocycles. The first kappa shape index (κ1) is 17.4. The van der Waals surface area contributed by atoms with Crippen LogP contribution >= 0.6 is 0 Å². The van der Waals surface area contributed by atoms with E-state index in [4.69, 9.17) is 0 Å². The second-order valence-corrected chi connectivity index (χ2v) is 6.64. The van der Waals surface area contributed by atoms with Crippen molar-refractivity contribution >= 4 is 17.8 Å². The lowest BCUT2D eigenvalue weighted by molar-refractivity contribution is -0.135. The molecule has 7 heteroatoms. The number of benzene rings is 1. The van der Waals surface area contributed by atoms with Crippen molar-refractivity contribution in [2.24, 2.45) is 0 Å². The molecule has 2 aliphatic heterocycles. The molecule has 7 nitrogen and oxygen atoms in total. The molecule has 0 aromatic heterocycles. The van der Waals surface area contributed by atoms with Gasteiger partial charge in [0.2, 0.25) is 5.91 Å². The van der Waals surface area contributed by atoms with Gasteiger partial charge < -0.3 is 10.2 Å². The quantitative estimate of drug-likeness (QED) is 0.775. The number of hydrogen-bond donors (Lipinski definition) is 1. The van der Waals surface area contributed by atoms with Crippen LogP contribution in [-0.4, -0.2) is 65.8 Å². The highest BCUT2D eigenvalue weighted by molar-refractivity contribution is 6.04. The summed E-state index contributed by atoms with van der Waals surface area (Å²) in [5.74, 6) is -0.609. The van der Waals surface area contributed by atoms with Crippen LogP contribution in [0.5, 0.6) is 0 Å². The summed E-state index contributed by atoms with van der Waals surface area (Å²) in [6.45, 7) is 3.35. The van der Waals surface area contributed by atoms with Crippen molar-refractivity contribution in [2.45, 2.75) is 25.9 Å². The van der Waals surface area contributed by atoms with Gasteiger partial charge in [-0.3, -0.25) is 19.4 Å². The fourth-order valence-electron chi connectivity index (χ4n) is 3.26. The second-order valence-electron chi connectivity index (χ2n) is 6.64. The highest BCUT2D eigenvalue weighted by Gasteiger charge is 2.31. The van der Waals surface area contributed by atoms with Gasteiger partial charge in [-0.15, -0.1) is 0 Å². The SMILES string of the molecule is CN(Cc1ccccc1CN1CCCC1)C(=O)CN1C(=O)CNC1=O. The maximum atomic E-state index is 12.4. The molecule has 0 radical (unpaired) electrons. The van der Waals surface area contributed by atoms with Gasteiger partial charge in [-0.05, 0) is 37.1 Å². The topological polar surface area (TPSA) is 73.0 Å². The molecular formula is C18H24N4O3. The van der Waals surface area contributed by atoms with Crippen molar-refractivity contribution in [1.29, 1.82) is 0 Å². The van der Waals surface area contributed by atoms with Gasteiger partial charge in [-0.1, -0.05) is 24.3 Å². The van der Waals surface area contributed by atoms with Crippen LogP contribution in [0.15, 0.2) is 24.3 Å². The summed E-state index contributed by atoms with van der Waals surface area (Å²) in [7, 11) is 1.70. The van der Waals surface area contributed by atoms with Gasteiger partial charge >= 0.3 is 6.03 Å². The smallest absolute Gasteiger partial charge is 0.325 e. The van der Waals surface area contributed by atoms with E-state index >= 15 is 0 Å². The standard InChI is InChI=1S/C18H24N4O3/c1-20(17(24)13-22-16(23)10-19-18(22)25)11-14-6-2-3-7-15(14)12-21-8-4-5-9-21/h2-3,6-7H,4-5,8-13H2,1H3,(H,19,25). The predicted octanol–water partition coefficient (Wildman–Crippen LogP) is 0.793. The van der Waals surface area contributed by atoms with Crippen LogP contribution in [0.4, 0.5) is 4.79 Å². The Morgan fingerprint density at radius 2 is 1.84 bits per heavy atom. The first-order chi connectivity index (χ1) is 12.0. The molecular weight excluding hydrogens is 320 g/mol. The highest BCUT2D eigenvalue weighted by Crippen LogP contribution is 2.17. The van der Waals surface area contributed by atoms with Crippen molar-refractivity contribution in [2.75, 3.05) is 33.2 Å². The van der Waals surface area contributed by atoms with Crippen molar-refractivity contribution in [3.63, 3.8) is 0 Å².